The SMILES string of the molecule is CC.CC1CCN(C)CC(O)N1. The van der Waals surface area contributed by atoms with E-state index in [1.807, 2.05) is 20.9 Å². The zero-order chi connectivity index (χ0) is 9.56. The summed E-state index contributed by atoms with van der Waals surface area (Å²) in [4.78, 5) is 2.14. The van der Waals surface area contributed by atoms with E-state index in [4.69, 9.17) is 0 Å². The third kappa shape index (κ3) is 4.70. The molecule has 2 unspecified atom stereocenters. The van der Waals surface area contributed by atoms with Gasteiger partial charge in [0, 0.05) is 12.6 Å². The highest BCUT2D eigenvalue weighted by molar-refractivity contribution is 4.71. The summed E-state index contributed by atoms with van der Waals surface area (Å²) in [5.41, 5.74) is 0. The first-order valence-electron chi connectivity index (χ1n) is 4.81. The van der Waals surface area contributed by atoms with Gasteiger partial charge in [0.15, 0.2) is 0 Å². The van der Waals surface area contributed by atoms with Crippen molar-refractivity contribution in [1.82, 2.24) is 10.2 Å². The second-order valence-electron chi connectivity index (χ2n) is 3.13. The van der Waals surface area contributed by atoms with Gasteiger partial charge in [-0.3, -0.25) is 5.32 Å². The monoisotopic (exact) mass is 174 g/mol. The lowest BCUT2D eigenvalue weighted by Crippen LogP contribution is -2.38. The van der Waals surface area contributed by atoms with Crippen molar-refractivity contribution in [2.45, 2.75) is 39.5 Å². The molecule has 0 bridgehead atoms. The van der Waals surface area contributed by atoms with E-state index in [1.54, 1.807) is 0 Å². The standard InChI is InChI=1S/C7H16N2O.C2H6/c1-6-3-4-9(2)5-7(10)8-6;1-2/h6-8,10H,3-5H2,1-2H3;1-2H3. The molecule has 0 saturated carbocycles. The van der Waals surface area contributed by atoms with Crippen molar-refractivity contribution < 1.29 is 5.11 Å². The van der Waals surface area contributed by atoms with Crippen LogP contribution in [0.4, 0.5) is 0 Å². The van der Waals surface area contributed by atoms with Gasteiger partial charge in [0.2, 0.25) is 0 Å². The Balaban J connectivity index is 0.000000561. The quantitative estimate of drug-likeness (QED) is 0.566. The maximum absolute atomic E-state index is 9.28. The predicted molar refractivity (Wildman–Crippen MR) is 52.1 cm³/mol. The second kappa shape index (κ2) is 6.40. The third-order valence-corrected chi connectivity index (χ3v) is 1.91. The van der Waals surface area contributed by atoms with E-state index in [0.29, 0.717) is 6.04 Å². The lowest BCUT2D eigenvalue weighted by Gasteiger charge is -2.15. The van der Waals surface area contributed by atoms with Gasteiger partial charge >= 0.3 is 0 Å². The minimum Gasteiger partial charge on any atom is -0.377 e. The van der Waals surface area contributed by atoms with Crippen LogP contribution in [0, 0.1) is 0 Å². The van der Waals surface area contributed by atoms with Crippen LogP contribution >= 0.6 is 0 Å². The number of nitrogens with zero attached hydrogens (tertiary/aromatic N) is 1. The van der Waals surface area contributed by atoms with Gasteiger partial charge in [0.05, 0.1) is 0 Å². The maximum atomic E-state index is 9.28. The van der Waals surface area contributed by atoms with Crippen LogP contribution in [0.3, 0.4) is 0 Å². The van der Waals surface area contributed by atoms with Crippen molar-refractivity contribution in [3.8, 4) is 0 Å². The Bertz CT molecular complexity index is 96.7. The van der Waals surface area contributed by atoms with Crippen molar-refractivity contribution in [2.75, 3.05) is 20.1 Å². The molecule has 2 N–H and O–H groups in total. The largest absolute Gasteiger partial charge is 0.377 e. The molecule has 1 aliphatic heterocycles. The van der Waals surface area contributed by atoms with Crippen molar-refractivity contribution in [2.24, 2.45) is 0 Å². The average Bonchev–Trinajstić information content (AvgIpc) is 2.16. The lowest BCUT2D eigenvalue weighted by atomic mass is 10.2. The van der Waals surface area contributed by atoms with Gasteiger partial charge in [-0.25, -0.2) is 0 Å². The molecule has 0 radical (unpaired) electrons. The molecule has 1 saturated heterocycles. The van der Waals surface area contributed by atoms with E-state index < -0.39 is 0 Å². The molecular weight excluding hydrogens is 152 g/mol. The normalized spacial score (nSPS) is 31.8. The zero-order valence-corrected chi connectivity index (χ0v) is 8.67. The van der Waals surface area contributed by atoms with Crippen LogP contribution in [-0.2, 0) is 0 Å². The maximum Gasteiger partial charge on any atom is 0.117 e. The summed E-state index contributed by atoms with van der Waals surface area (Å²) in [5, 5.41) is 12.4. The molecule has 0 aromatic carbocycles. The highest BCUT2D eigenvalue weighted by Crippen LogP contribution is 2.00. The Labute approximate surface area is 75.8 Å². The number of rotatable bonds is 0. The Kier molecular flexibility index (Phi) is 6.34. The van der Waals surface area contributed by atoms with Crippen LogP contribution < -0.4 is 5.32 Å². The molecule has 1 rings (SSSR count). The second-order valence-corrected chi connectivity index (χ2v) is 3.13. The van der Waals surface area contributed by atoms with Gasteiger partial charge in [-0.2, -0.15) is 0 Å². The molecule has 1 heterocycles. The number of aliphatic hydroxyl groups is 1. The third-order valence-electron chi connectivity index (χ3n) is 1.91. The van der Waals surface area contributed by atoms with Gasteiger partial charge in [-0.15, -0.1) is 0 Å². The number of nitrogens with one attached hydrogen (secondary N) is 1. The summed E-state index contributed by atoms with van der Waals surface area (Å²) in [5.74, 6) is 0. The fraction of sp³-hybridized carbons (Fsp3) is 1.00. The van der Waals surface area contributed by atoms with E-state index in [2.05, 4.69) is 17.1 Å². The van der Waals surface area contributed by atoms with Crippen molar-refractivity contribution >= 4 is 0 Å². The molecule has 74 valence electrons. The number of likely N-dealkylation sites (N-methyl/N-ethyl adjacent to an activating group) is 1. The van der Waals surface area contributed by atoms with Crippen molar-refractivity contribution in [3.05, 3.63) is 0 Å². The number of hydrogen-bond donors (Lipinski definition) is 2. The lowest BCUT2D eigenvalue weighted by molar-refractivity contribution is 0.106. The molecule has 0 aromatic heterocycles. The Morgan fingerprint density at radius 3 is 2.58 bits per heavy atom. The van der Waals surface area contributed by atoms with Gasteiger partial charge in [0.1, 0.15) is 6.23 Å². The number of aliphatic hydroxyl groups excluding tert-OH is 1. The van der Waals surface area contributed by atoms with E-state index in [1.165, 1.54) is 0 Å². The minimum atomic E-state index is -0.345. The summed E-state index contributed by atoms with van der Waals surface area (Å²) < 4.78 is 0. The molecule has 0 spiro atoms. The smallest absolute Gasteiger partial charge is 0.117 e. The Hall–Kier alpha value is -0.120. The van der Waals surface area contributed by atoms with Crippen LogP contribution in [0.25, 0.3) is 0 Å². The van der Waals surface area contributed by atoms with Gasteiger partial charge in [-0.05, 0) is 26.9 Å². The molecule has 12 heavy (non-hydrogen) atoms. The fourth-order valence-electron chi connectivity index (χ4n) is 1.27. The van der Waals surface area contributed by atoms with Crippen LogP contribution in [0.15, 0.2) is 0 Å². The molecule has 0 aliphatic carbocycles. The van der Waals surface area contributed by atoms with Crippen LogP contribution in [0.1, 0.15) is 27.2 Å². The summed E-state index contributed by atoms with van der Waals surface area (Å²) in [6.45, 7) is 7.91. The number of β-amino-alcohol motifs (C(OH)–C–C–N with tert-alkyl or cyclic N) is 1. The predicted octanol–water partition coefficient (Wildman–Crippen LogP) is 0.645. The highest BCUT2D eigenvalue weighted by atomic mass is 16.3. The highest BCUT2D eigenvalue weighted by Gasteiger charge is 2.15. The first-order chi connectivity index (χ1) is 5.68. The average molecular weight is 174 g/mol. The molecule has 1 fully saturated rings. The zero-order valence-electron chi connectivity index (χ0n) is 8.67. The van der Waals surface area contributed by atoms with Gasteiger partial charge < -0.3 is 10.0 Å². The van der Waals surface area contributed by atoms with E-state index in [0.717, 1.165) is 19.5 Å². The Morgan fingerprint density at radius 1 is 1.42 bits per heavy atom. The molecule has 3 heteroatoms. The van der Waals surface area contributed by atoms with Crippen LogP contribution in [0.2, 0.25) is 0 Å². The summed E-state index contributed by atoms with van der Waals surface area (Å²) >= 11 is 0. The molecule has 0 amide bonds. The van der Waals surface area contributed by atoms with Crippen LogP contribution in [-0.4, -0.2) is 42.4 Å². The Morgan fingerprint density at radius 2 is 2.00 bits per heavy atom. The summed E-state index contributed by atoms with van der Waals surface area (Å²) in [7, 11) is 2.03. The van der Waals surface area contributed by atoms with Gasteiger partial charge in [-0.1, -0.05) is 13.8 Å². The van der Waals surface area contributed by atoms with Crippen molar-refractivity contribution in [3.63, 3.8) is 0 Å². The number of hydrogen-bond acceptors (Lipinski definition) is 3. The van der Waals surface area contributed by atoms with E-state index in [-0.39, 0.29) is 6.23 Å². The molecule has 0 aromatic rings. The summed E-state index contributed by atoms with van der Waals surface area (Å²) in [6.07, 6.45) is 0.774. The minimum absolute atomic E-state index is 0.345. The van der Waals surface area contributed by atoms with Gasteiger partial charge in [0.25, 0.3) is 0 Å². The first-order valence-corrected chi connectivity index (χ1v) is 4.81. The molecule has 3 nitrogen and oxygen atoms in total. The topological polar surface area (TPSA) is 35.5 Å². The molecule has 2 atom stereocenters. The van der Waals surface area contributed by atoms with E-state index >= 15 is 0 Å². The first kappa shape index (κ1) is 11.9. The van der Waals surface area contributed by atoms with Crippen molar-refractivity contribution in [1.29, 1.82) is 0 Å². The fourth-order valence-corrected chi connectivity index (χ4v) is 1.27. The molecule has 1 aliphatic rings. The summed E-state index contributed by atoms with van der Waals surface area (Å²) in [6, 6.07) is 0.444. The molecular formula is C9H22N2O. The van der Waals surface area contributed by atoms with Crippen LogP contribution in [0.5, 0.6) is 0 Å². The van der Waals surface area contributed by atoms with E-state index in [9.17, 15) is 5.11 Å².